The highest BCUT2D eigenvalue weighted by atomic mass is 16.3. The first-order valence-corrected chi connectivity index (χ1v) is 4.32. The number of hydrogen-bond donors (Lipinski definition) is 2. The second-order valence-electron chi connectivity index (χ2n) is 3.47. The molecule has 0 fully saturated rings. The van der Waals surface area contributed by atoms with Gasteiger partial charge in [0, 0.05) is 18.5 Å². The van der Waals surface area contributed by atoms with E-state index in [1.165, 1.54) is 0 Å². The van der Waals surface area contributed by atoms with Gasteiger partial charge in [-0.05, 0) is 18.3 Å². The maximum Gasteiger partial charge on any atom is 0.0921 e. The lowest BCUT2D eigenvalue weighted by Gasteiger charge is -2.16. The highest BCUT2D eigenvalue weighted by Gasteiger charge is 2.12. The summed E-state index contributed by atoms with van der Waals surface area (Å²) in [5.74, 6) is 0.851. The molecule has 0 saturated heterocycles. The Labute approximate surface area is 72.8 Å². The van der Waals surface area contributed by atoms with Crippen LogP contribution in [0.4, 0.5) is 0 Å². The predicted molar refractivity (Wildman–Crippen MR) is 47.7 cm³/mol. The minimum absolute atomic E-state index is 0.247. The van der Waals surface area contributed by atoms with Crippen LogP contribution >= 0.6 is 0 Å². The van der Waals surface area contributed by atoms with Crippen molar-refractivity contribution in [1.82, 2.24) is 9.97 Å². The van der Waals surface area contributed by atoms with E-state index in [-0.39, 0.29) is 6.61 Å². The molecule has 12 heavy (non-hydrogen) atoms. The van der Waals surface area contributed by atoms with Crippen LogP contribution in [0.2, 0.25) is 0 Å². The molecule has 1 aromatic heterocycles. The van der Waals surface area contributed by atoms with Crippen molar-refractivity contribution < 1.29 is 5.11 Å². The Morgan fingerprint density at radius 3 is 2.75 bits per heavy atom. The van der Waals surface area contributed by atoms with Crippen molar-refractivity contribution >= 4 is 0 Å². The molecule has 0 spiro atoms. The zero-order valence-corrected chi connectivity index (χ0v) is 7.62. The highest BCUT2D eigenvalue weighted by molar-refractivity contribution is 4.96. The minimum atomic E-state index is 0.247. The van der Waals surface area contributed by atoms with E-state index < -0.39 is 0 Å². The van der Waals surface area contributed by atoms with Crippen LogP contribution in [0.25, 0.3) is 0 Å². The Bertz CT molecular complexity index is 206. The molecular formula is C9H16N2O. The Morgan fingerprint density at radius 1 is 1.58 bits per heavy atom. The first-order chi connectivity index (χ1) is 5.74. The lowest BCUT2D eigenvalue weighted by Crippen LogP contribution is -2.16. The molecule has 3 heteroatoms. The number of nitrogens with zero attached hydrogens (tertiary/aromatic N) is 1. The topological polar surface area (TPSA) is 48.9 Å². The van der Waals surface area contributed by atoms with Crippen LogP contribution in [0, 0.1) is 11.8 Å². The summed E-state index contributed by atoms with van der Waals surface area (Å²) >= 11 is 0. The zero-order chi connectivity index (χ0) is 8.97. The van der Waals surface area contributed by atoms with Crippen molar-refractivity contribution in [2.75, 3.05) is 6.61 Å². The maximum atomic E-state index is 9.06. The van der Waals surface area contributed by atoms with Crippen LogP contribution in [0.5, 0.6) is 0 Å². The Balaban J connectivity index is 2.48. The lowest BCUT2D eigenvalue weighted by atomic mass is 9.92. The molecule has 0 saturated carbocycles. The number of aromatic nitrogens is 2. The van der Waals surface area contributed by atoms with Gasteiger partial charge in [-0.2, -0.15) is 0 Å². The number of hydrogen-bond acceptors (Lipinski definition) is 2. The monoisotopic (exact) mass is 168 g/mol. The largest absolute Gasteiger partial charge is 0.396 e. The van der Waals surface area contributed by atoms with Gasteiger partial charge < -0.3 is 10.1 Å². The predicted octanol–water partition coefficient (Wildman–Crippen LogP) is 1.22. The lowest BCUT2D eigenvalue weighted by molar-refractivity contribution is 0.188. The molecule has 0 aliphatic rings. The molecule has 0 aliphatic carbocycles. The third kappa shape index (κ3) is 2.34. The third-order valence-corrected chi connectivity index (χ3v) is 2.21. The second-order valence-corrected chi connectivity index (χ2v) is 3.47. The zero-order valence-electron chi connectivity index (χ0n) is 7.62. The van der Waals surface area contributed by atoms with Crippen molar-refractivity contribution in [2.45, 2.75) is 20.3 Å². The van der Waals surface area contributed by atoms with E-state index in [2.05, 4.69) is 23.8 Å². The van der Waals surface area contributed by atoms with Crippen molar-refractivity contribution in [1.29, 1.82) is 0 Å². The molecule has 3 nitrogen and oxygen atoms in total. The van der Waals surface area contributed by atoms with Gasteiger partial charge in [0.05, 0.1) is 6.33 Å². The summed E-state index contributed by atoms with van der Waals surface area (Å²) in [6, 6.07) is 0. The molecular weight excluding hydrogens is 152 g/mol. The Hall–Kier alpha value is -0.830. The van der Waals surface area contributed by atoms with Crippen LogP contribution in [0.3, 0.4) is 0 Å². The first kappa shape index (κ1) is 9.26. The molecule has 1 unspecified atom stereocenters. The van der Waals surface area contributed by atoms with E-state index in [1.807, 2.05) is 6.20 Å². The maximum absolute atomic E-state index is 9.06. The third-order valence-electron chi connectivity index (χ3n) is 2.21. The van der Waals surface area contributed by atoms with Gasteiger partial charge in [0.1, 0.15) is 0 Å². The number of rotatable bonds is 4. The fourth-order valence-electron chi connectivity index (χ4n) is 1.19. The number of imidazole rings is 1. The molecule has 0 amide bonds. The molecule has 1 rings (SSSR count). The molecule has 0 bridgehead atoms. The fourth-order valence-corrected chi connectivity index (χ4v) is 1.19. The van der Waals surface area contributed by atoms with Crippen LogP contribution in [0.1, 0.15) is 19.5 Å². The average Bonchev–Trinajstić information content (AvgIpc) is 2.51. The van der Waals surface area contributed by atoms with Crippen LogP contribution in [-0.4, -0.2) is 21.7 Å². The van der Waals surface area contributed by atoms with Crippen LogP contribution in [0.15, 0.2) is 12.5 Å². The van der Waals surface area contributed by atoms with E-state index in [0.29, 0.717) is 11.8 Å². The van der Waals surface area contributed by atoms with Gasteiger partial charge in [-0.15, -0.1) is 0 Å². The number of aliphatic hydroxyl groups excluding tert-OH is 1. The van der Waals surface area contributed by atoms with Crippen LogP contribution < -0.4 is 0 Å². The molecule has 0 aliphatic heterocycles. The number of aliphatic hydroxyl groups is 1. The molecule has 1 atom stereocenters. The SMILES string of the molecule is CC(C)C(CO)Cc1cnc[nH]1. The summed E-state index contributed by atoms with van der Waals surface area (Å²) in [5, 5.41) is 9.06. The number of H-pyrrole nitrogens is 1. The van der Waals surface area contributed by atoms with Gasteiger partial charge in [0.25, 0.3) is 0 Å². The van der Waals surface area contributed by atoms with E-state index >= 15 is 0 Å². The molecule has 1 aromatic rings. The summed E-state index contributed by atoms with van der Waals surface area (Å²) in [6.45, 7) is 4.49. The van der Waals surface area contributed by atoms with Crippen LogP contribution in [-0.2, 0) is 6.42 Å². The van der Waals surface area contributed by atoms with Gasteiger partial charge in [-0.3, -0.25) is 0 Å². The van der Waals surface area contributed by atoms with E-state index in [9.17, 15) is 0 Å². The summed E-state index contributed by atoms with van der Waals surface area (Å²) in [5.41, 5.74) is 1.10. The Kier molecular flexibility index (Phi) is 3.29. The summed E-state index contributed by atoms with van der Waals surface area (Å²) in [6.07, 6.45) is 4.36. The second kappa shape index (κ2) is 4.26. The van der Waals surface area contributed by atoms with E-state index in [4.69, 9.17) is 5.11 Å². The highest BCUT2D eigenvalue weighted by Crippen LogP contribution is 2.14. The van der Waals surface area contributed by atoms with E-state index in [1.54, 1.807) is 6.33 Å². The Morgan fingerprint density at radius 2 is 2.33 bits per heavy atom. The average molecular weight is 168 g/mol. The number of nitrogens with one attached hydrogen (secondary N) is 1. The smallest absolute Gasteiger partial charge is 0.0921 e. The standard InChI is InChI=1S/C9H16N2O/c1-7(2)8(5-12)3-9-4-10-6-11-9/h4,6-8,12H,3,5H2,1-2H3,(H,10,11). The van der Waals surface area contributed by atoms with E-state index in [0.717, 1.165) is 12.1 Å². The van der Waals surface area contributed by atoms with Crippen molar-refractivity contribution in [3.63, 3.8) is 0 Å². The molecule has 0 aromatic carbocycles. The summed E-state index contributed by atoms with van der Waals surface area (Å²) in [4.78, 5) is 6.97. The molecule has 68 valence electrons. The fraction of sp³-hybridized carbons (Fsp3) is 0.667. The summed E-state index contributed by atoms with van der Waals surface area (Å²) < 4.78 is 0. The van der Waals surface area contributed by atoms with Crippen molar-refractivity contribution in [2.24, 2.45) is 11.8 Å². The number of aromatic amines is 1. The van der Waals surface area contributed by atoms with Gasteiger partial charge in [-0.1, -0.05) is 13.8 Å². The van der Waals surface area contributed by atoms with Gasteiger partial charge in [0.2, 0.25) is 0 Å². The normalized spacial score (nSPS) is 13.7. The minimum Gasteiger partial charge on any atom is -0.396 e. The van der Waals surface area contributed by atoms with Crippen molar-refractivity contribution in [3.8, 4) is 0 Å². The van der Waals surface area contributed by atoms with Gasteiger partial charge >= 0.3 is 0 Å². The molecule has 2 N–H and O–H groups in total. The van der Waals surface area contributed by atoms with Gasteiger partial charge in [0.15, 0.2) is 0 Å². The summed E-state index contributed by atoms with van der Waals surface area (Å²) in [7, 11) is 0. The van der Waals surface area contributed by atoms with Gasteiger partial charge in [-0.25, -0.2) is 4.98 Å². The first-order valence-electron chi connectivity index (χ1n) is 4.32. The molecule has 0 radical (unpaired) electrons. The van der Waals surface area contributed by atoms with Crippen molar-refractivity contribution in [3.05, 3.63) is 18.2 Å². The quantitative estimate of drug-likeness (QED) is 0.710. The molecule has 1 heterocycles.